The summed E-state index contributed by atoms with van der Waals surface area (Å²) in [5.41, 5.74) is 5.22. The van der Waals surface area contributed by atoms with Gasteiger partial charge in [0.05, 0.1) is 6.20 Å². The first kappa shape index (κ1) is 13.8. The molecular weight excluding hydrogens is 234 g/mol. The van der Waals surface area contributed by atoms with E-state index in [9.17, 15) is 0 Å². The third-order valence-electron chi connectivity index (χ3n) is 3.62. The molecule has 0 amide bonds. The number of likely N-dealkylation sites (N-methyl/N-ethyl adjacent to an activating group) is 1. The van der Waals surface area contributed by atoms with Crippen LogP contribution in [0, 0.1) is 13.8 Å². The van der Waals surface area contributed by atoms with E-state index in [0.29, 0.717) is 6.04 Å². The molecule has 1 aromatic heterocycles. The SMILES string of the molecule is CCNC(Cc1cccc(C)c1)c1cnn(C)c1C. The van der Waals surface area contributed by atoms with Gasteiger partial charge in [-0.3, -0.25) is 4.68 Å². The molecule has 3 nitrogen and oxygen atoms in total. The van der Waals surface area contributed by atoms with Gasteiger partial charge in [-0.05, 0) is 32.4 Å². The first-order chi connectivity index (χ1) is 9.11. The number of hydrogen-bond donors (Lipinski definition) is 1. The molecule has 102 valence electrons. The molecule has 0 spiro atoms. The van der Waals surface area contributed by atoms with E-state index in [1.807, 2.05) is 17.9 Å². The summed E-state index contributed by atoms with van der Waals surface area (Å²) in [6, 6.07) is 9.06. The first-order valence-corrected chi connectivity index (χ1v) is 6.89. The lowest BCUT2D eigenvalue weighted by molar-refractivity contribution is 0.546. The lowest BCUT2D eigenvalue weighted by Gasteiger charge is -2.18. The molecule has 3 heteroatoms. The predicted molar refractivity (Wildman–Crippen MR) is 79.2 cm³/mol. The molecule has 0 fully saturated rings. The molecule has 0 aliphatic carbocycles. The van der Waals surface area contributed by atoms with Crippen molar-refractivity contribution < 1.29 is 0 Å². The van der Waals surface area contributed by atoms with Crippen LogP contribution in [0.25, 0.3) is 0 Å². The van der Waals surface area contributed by atoms with E-state index in [1.165, 1.54) is 22.4 Å². The molecular formula is C16H23N3. The zero-order valence-corrected chi connectivity index (χ0v) is 12.3. The van der Waals surface area contributed by atoms with Crippen LogP contribution in [-0.2, 0) is 13.5 Å². The van der Waals surface area contributed by atoms with Crippen LogP contribution in [0.5, 0.6) is 0 Å². The van der Waals surface area contributed by atoms with Gasteiger partial charge in [0.15, 0.2) is 0 Å². The highest BCUT2D eigenvalue weighted by Crippen LogP contribution is 2.21. The number of benzene rings is 1. The minimum atomic E-state index is 0.334. The number of nitrogens with zero attached hydrogens (tertiary/aromatic N) is 2. The molecule has 1 aromatic carbocycles. The molecule has 1 atom stereocenters. The Bertz CT molecular complexity index is 543. The summed E-state index contributed by atoms with van der Waals surface area (Å²) in [5.74, 6) is 0. The molecule has 19 heavy (non-hydrogen) atoms. The number of hydrogen-bond acceptors (Lipinski definition) is 2. The first-order valence-electron chi connectivity index (χ1n) is 6.89. The maximum absolute atomic E-state index is 4.36. The van der Waals surface area contributed by atoms with Gasteiger partial charge in [0.25, 0.3) is 0 Å². The molecule has 0 saturated heterocycles. The predicted octanol–water partition coefficient (Wildman–Crippen LogP) is 2.93. The van der Waals surface area contributed by atoms with Crippen molar-refractivity contribution >= 4 is 0 Å². The fourth-order valence-electron chi connectivity index (χ4n) is 2.47. The van der Waals surface area contributed by atoms with Gasteiger partial charge in [0.1, 0.15) is 0 Å². The quantitative estimate of drug-likeness (QED) is 0.892. The largest absolute Gasteiger partial charge is 0.310 e. The highest BCUT2D eigenvalue weighted by Gasteiger charge is 2.16. The van der Waals surface area contributed by atoms with Crippen LogP contribution in [0.3, 0.4) is 0 Å². The highest BCUT2D eigenvalue weighted by atomic mass is 15.3. The van der Waals surface area contributed by atoms with Gasteiger partial charge in [-0.1, -0.05) is 36.8 Å². The van der Waals surface area contributed by atoms with Crippen LogP contribution in [0.1, 0.15) is 35.3 Å². The van der Waals surface area contributed by atoms with Crippen LogP contribution in [0.15, 0.2) is 30.5 Å². The van der Waals surface area contributed by atoms with Crippen molar-refractivity contribution in [1.29, 1.82) is 0 Å². The summed E-state index contributed by atoms with van der Waals surface area (Å²) in [6.45, 7) is 7.38. The van der Waals surface area contributed by atoms with Gasteiger partial charge in [0, 0.05) is 24.3 Å². The minimum Gasteiger partial charge on any atom is -0.310 e. The Morgan fingerprint density at radius 2 is 2.11 bits per heavy atom. The molecule has 0 radical (unpaired) electrons. The third-order valence-corrected chi connectivity index (χ3v) is 3.62. The van der Waals surface area contributed by atoms with Gasteiger partial charge in [-0.15, -0.1) is 0 Å². The molecule has 1 heterocycles. The second-order valence-electron chi connectivity index (χ2n) is 5.11. The minimum absolute atomic E-state index is 0.334. The van der Waals surface area contributed by atoms with Crippen LogP contribution >= 0.6 is 0 Å². The van der Waals surface area contributed by atoms with Gasteiger partial charge in [-0.25, -0.2) is 0 Å². The van der Waals surface area contributed by atoms with Crippen molar-refractivity contribution in [2.45, 2.75) is 33.2 Å². The summed E-state index contributed by atoms with van der Waals surface area (Å²) in [6.07, 6.45) is 2.99. The summed E-state index contributed by atoms with van der Waals surface area (Å²) in [4.78, 5) is 0. The number of nitrogens with one attached hydrogen (secondary N) is 1. The Balaban J connectivity index is 2.23. The Morgan fingerprint density at radius 3 is 2.68 bits per heavy atom. The van der Waals surface area contributed by atoms with Gasteiger partial charge in [0.2, 0.25) is 0 Å². The summed E-state index contributed by atoms with van der Waals surface area (Å²) in [7, 11) is 1.99. The summed E-state index contributed by atoms with van der Waals surface area (Å²) < 4.78 is 1.94. The standard InChI is InChI=1S/C16H23N3/c1-5-17-16(15-11-18-19(4)13(15)3)10-14-8-6-7-12(2)9-14/h6-9,11,16-17H,5,10H2,1-4H3. The Morgan fingerprint density at radius 1 is 1.32 bits per heavy atom. The Hall–Kier alpha value is -1.61. The van der Waals surface area contributed by atoms with E-state index in [2.05, 4.69) is 55.5 Å². The lowest BCUT2D eigenvalue weighted by atomic mass is 9.98. The monoisotopic (exact) mass is 257 g/mol. The van der Waals surface area contributed by atoms with Crippen LogP contribution in [0.2, 0.25) is 0 Å². The molecule has 0 bridgehead atoms. The molecule has 1 N–H and O–H groups in total. The normalized spacial score (nSPS) is 12.6. The van der Waals surface area contributed by atoms with Crippen molar-refractivity contribution in [3.63, 3.8) is 0 Å². The van der Waals surface area contributed by atoms with Crippen molar-refractivity contribution in [2.75, 3.05) is 6.54 Å². The lowest BCUT2D eigenvalue weighted by Crippen LogP contribution is -2.23. The average molecular weight is 257 g/mol. The molecule has 0 saturated carbocycles. The molecule has 2 rings (SSSR count). The van der Waals surface area contributed by atoms with Crippen LogP contribution in [0.4, 0.5) is 0 Å². The Labute approximate surface area is 115 Å². The van der Waals surface area contributed by atoms with E-state index in [-0.39, 0.29) is 0 Å². The van der Waals surface area contributed by atoms with E-state index >= 15 is 0 Å². The number of aromatic nitrogens is 2. The fourth-order valence-corrected chi connectivity index (χ4v) is 2.47. The number of aryl methyl sites for hydroxylation is 2. The van der Waals surface area contributed by atoms with E-state index in [4.69, 9.17) is 0 Å². The Kier molecular flexibility index (Phi) is 4.38. The van der Waals surface area contributed by atoms with Gasteiger partial charge >= 0.3 is 0 Å². The van der Waals surface area contributed by atoms with Crippen molar-refractivity contribution in [2.24, 2.45) is 7.05 Å². The molecule has 0 aliphatic heterocycles. The van der Waals surface area contributed by atoms with E-state index in [0.717, 1.165) is 13.0 Å². The van der Waals surface area contributed by atoms with E-state index in [1.54, 1.807) is 0 Å². The smallest absolute Gasteiger partial charge is 0.0540 e. The average Bonchev–Trinajstić information content (AvgIpc) is 2.70. The number of rotatable bonds is 5. The molecule has 1 unspecified atom stereocenters. The van der Waals surface area contributed by atoms with Crippen LogP contribution < -0.4 is 5.32 Å². The summed E-state index contributed by atoms with van der Waals surface area (Å²) in [5, 5.41) is 7.92. The topological polar surface area (TPSA) is 29.9 Å². The van der Waals surface area contributed by atoms with Crippen molar-refractivity contribution in [3.05, 3.63) is 52.8 Å². The van der Waals surface area contributed by atoms with Crippen molar-refractivity contribution in [3.8, 4) is 0 Å². The summed E-state index contributed by atoms with van der Waals surface area (Å²) >= 11 is 0. The maximum atomic E-state index is 4.36. The third kappa shape index (κ3) is 3.24. The van der Waals surface area contributed by atoms with Gasteiger partial charge in [-0.2, -0.15) is 5.10 Å². The van der Waals surface area contributed by atoms with E-state index < -0.39 is 0 Å². The molecule has 0 aliphatic rings. The van der Waals surface area contributed by atoms with Crippen LogP contribution in [-0.4, -0.2) is 16.3 Å². The second-order valence-corrected chi connectivity index (χ2v) is 5.11. The van der Waals surface area contributed by atoms with Gasteiger partial charge < -0.3 is 5.32 Å². The maximum Gasteiger partial charge on any atom is 0.0540 e. The zero-order valence-electron chi connectivity index (χ0n) is 12.3. The highest BCUT2D eigenvalue weighted by molar-refractivity contribution is 5.27. The fraction of sp³-hybridized carbons (Fsp3) is 0.438. The second kappa shape index (κ2) is 6.02. The zero-order chi connectivity index (χ0) is 13.8. The van der Waals surface area contributed by atoms with Crippen molar-refractivity contribution in [1.82, 2.24) is 15.1 Å². The molecule has 2 aromatic rings.